The van der Waals surface area contributed by atoms with Gasteiger partial charge in [0.2, 0.25) is 11.8 Å². The van der Waals surface area contributed by atoms with Crippen LogP contribution < -0.4 is 16.4 Å². The topological polar surface area (TPSA) is 122 Å². The molecule has 0 aliphatic carbocycles. The van der Waals surface area contributed by atoms with Crippen LogP contribution in [0.3, 0.4) is 0 Å². The van der Waals surface area contributed by atoms with E-state index in [0.717, 1.165) is 43.5 Å². The first-order valence-corrected chi connectivity index (χ1v) is 10.3. The highest BCUT2D eigenvalue weighted by atomic mass is 16.2. The van der Waals surface area contributed by atoms with Crippen molar-refractivity contribution >= 4 is 29.3 Å². The number of nitrogens with zero attached hydrogens (tertiary/aromatic N) is 1. The fourth-order valence-electron chi connectivity index (χ4n) is 3.86. The van der Waals surface area contributed by atoms with Gasteiger partial charge in [-0.2, -0.15) is 0 Å². The van der Waals surface area contributed by atoms with Gasteiger partial charge >= 0.3 is 0 Å². The Morgan fingerprint density at radius 3 is 2.45 bits per heavy atom. The van der Waals surface area contributed by atoms with Gasteiger partial charge in [-0.25, -0.2) is 0 Å². The molecule has 2 heterocycles. The molecule has 3 rings (SSSR count). The van der Waals surface area contributed by atoms with Crippen LogP contribution in [0, 0.1) is 0 Å². The lowest BCUT2D eigenvalue weighted by Crippen LogP contribution is -2.54. The van der Waals surface area contributed by atoms with E-state index in [9.17, 15) is 19.2 Å². The normalized spacial score (nSPS) is 18.8. The average Bonchev–Trinajstić information content (AvgIpc) is 2.95. The second-order valence-electron chi connectivity index (χ2n) is 7.51. The van der Waals surface area contributed by atoms with Gasteiger partial charge in [0.1, 0.15) is 6.04 Å². The summed E-state index contributed by atoms with van der Waals surface area (Å²) in [5.41, 5.74) is 6.71. The Labute approximate surface area is 170 Å². The zero-order valence-corrected chi connectivity index (χ0v) is 16.5. The highest BCUT2D eigenvalue weighted by Gasteiger charge is 2.45. The third-order valence-corrected chi connectivity index (χ3v) is 5.41. The molecule has 4 N–H and O–H groups in total. The number of carbonyl (C=O) groups excluding carboxylic acids is 4. The first-order chi connectivity index (χ1) is 14.0. The predicted molar refractivity (Wildman–Crippen MR) is 108 cm³/mol. The maximum atomic E-state index is 13.0. The van der Waals surface area contributed by atoms with Crippen molar-refractivity contribution in [1.82, 2.24) is 10.2 Å². The number of fused-ring (bicyclic) bond motifs is 1. The van der Waals surface area contributed by atoms with Crippen molar-refractivity contribution in [3.8, 4) is 0 Å². The molecule has 156 valence electrons. The van der Waals surface area contributed by atoms with Crippen LogP contribution in [0.4, 0.5) is 5.69 Å². The zero-order valence-electron chi connectivity index (χ0n) is 16.5. The Bertz CT molecular complexity index is 808. The van der Waals surface area contributed by atoms with Crippen LogP contribution in [0.2, 0.25) is 0 Å². The largest absolute Gasteiger partial charge is 0.384 e. The summed E-state index contributed by atoms with van der Waals surface area (Å²) in [4.78, 5) is 50.3. The molecule has 1 aromatic rings. The molecule has 8 nitrogen and oxygen atoms in total. The Morgan fingerprint density at radius 2 is 1.72 bits per heavy atom. The minimum absolute atomic E-state index is 0.111. The number of anilines is 1. The molecule has 0 saturated carbocycles. The van der Waals surface area contributed by atoms with E-state index in [1.807, 2.05) is 0 Å². The molecule has 2 aliphatic rings. The van der Waals surface area contributed by atoms with Crippen LogP contribution >= 0.6 is 0 Å². The van der Waals surface area contributed by atoms with E-state index in [2.05, 4.69) is 10.6 Å². The first kappa shape index (κ1) is 21.0. The van der Waals surface area contributed by atoms with Gasteiger partial charge in [0.05, 0.1) is 11.1 Å². The van der Waals surface area contributed by atoms with Crippen LogP contribution in [0.1, 0.15) is 72.1 Å². The summed E-state index contributed by atoms with van der Waals surface area (Å²) in [5.74, 6) is -1.94. The quantitative estimate of drug-likeness (QED) is 0.407. The molecule has 8 heteroatoms. The number of nitrogens with two attached hydrogens (primary N) is 1. The molecule has 1 aromatic carbocycles. The SMILES string of the molecule is NCCCCCCCCNc1cccc2c1C(=O)N(C1CCC(=O)NC1=O)C2=O. The van der Waals surface area contributed by atoms with Gasteiger partial charge in [0.25, 0.3) is 11.8 Å². The number of amides is 4. The van der Waals surface area contributed by atoms with E-state index in [1.165, 1.54) is 6.42 Å². The molecular formula is C21H28N4O4. The van der Waals surface area contributed by atoms with E-state index in [-0.39, 0.29) is 18.7 Å². The van der Waals surface area contributed by atoms with Crippen molar-refractivity contribution in [2.45, 2.75) is 57.4 Å². The number of nitrogens with one attached hydrogen (secondary N) is 2. The lowest BCUT2D eigenvalue weighted by atomic mass is 10.0. The number of benzene rings is 1. The Morgan fingerprint density at radius 1 is 1.00 bits per heavy atom. The standard InChI is InChI=1S/C21H28N4O4/c22-12-5-3-1-2-4-6-13-23-15-9-7-8-14-18(15)21(29)25(20(14)28)16-10-11-17(26)24-19(16)27/h7-9,16,23H,1-6,10-13,22H2,(H,24,26,27). The van der Waals surface area contributed by atoms with Gasteiger partial charge in [0, 0.05) is 18.7 Å². The average molecular weight is 400 g/mol. The van der Waals surface area contributed by atoms with Crippen molar-refractivity contribution < 1.29 is 19.2 Å². The number of imide groups is 2. The third kappa shape index (κ3) is 4.64. The van der Waals surface area contributed by atoms with E-state index in [0.29, 0.717) is 23.4 Å². The minimum atomic E-state index is -0.943. The van der Waals surface area contributed by atoms with Crippen molar-refractivity contribution in [1.29, 1.82) is 0 Å². The van der Waals surface area contributed by atoms with E-state index in [4.69, 9.17) is 5.73 Å². The summed E-state index contributed by atoms with van der Waals surface area (Å²) in [6.45, 7) is 1.44. The second-order valence-corrected chi connectivity index (χ2v) is 7.51. The molecule has 0 aromatic heterocycles. The molecule has 1 unspecified atom stereocenters. The molecule has 1 atom stereocenters. The molecule has 0 spiro atoms. The van der Waals surface area contributed by atoms with Crippen LogP contribution in [0.25, 0.3) is 0 Å². The van der Waals surface area contributed by atoms with Gasteiger partial charge in [-0.1, -0.05) is 31.7 Å². The number of unbranched alkanes of at least 4 members (excludes halogenated alkanes) is 5. The van der Waals surface area contributed by atoms with Crippen LogP contribution in [-0.4, -0.2) is 47.7 Å². The number of rotatable bonds is 10. The predicted octanol–water partition coefficient (Wildman–Crippen LogP) is 1.80. The molecule has 2 aliphatic heterocycles. The fourth-order valence-corrected chi connectivity index (χ4v) is 3.86. The van der Waals surface area contributed by atoms with Gasteiger partial charge in [-0.15, -0.1) is 0 Å². The van der Waals surface area contributed by atoms with E-state index in [1.54, 1.807) is 18.2 Å². The molecular weight excluding hydrogens is 372 g/mol. The summed E-state index contributed by atoms with van der Waals surface area (Å²) >= 11 is 0. The number of piperidine rings is 1. The van der Waals surface area contributed by atoms with Crippen molar-refractivity contribution in [3.63, 3.8) is 0 Å². The van der Waals surface area contributed by atoms with Crippen molar-refractivity contribution in [2.24, 2.45) is 5.73 Å². The van der Waals surface area contributed by atoms with Gasteiger partial charge < -0.3 is 11.1 Å². The van der Waals surface area contributed by atoms with Gasteiger partial charge in [-0.05, 0) is 37.9 Å². The molecule has 1 fully saturated rings. The molecule has 4 amide bonds. The van der Waals surface area contributed by atoms with Crippen LogP contribution in [0.15, 0.2) is 18.2 Å². The molecule has 0 radical (unpaired) electrons. The molecule has 0 bridgehead atoms. The summed E-state index contributed by atoms with van der Waals surface area (Å²) in [6, 6.07) is 4.16. The highest BCUT2D eigenvalue weighted by Crippen LogP contribution is 2.32. The smallest absolute Gasteiger partial charge is 0.264 e. The molecule has 29 heavy (non-hydrogen) atoms. The first-order valence-electron chi connectivity index (χ1n) is 10.3. The van der Waals surface area contributed by atoms with Gasteiger partial charge in [0.15, 0.2) is 0 Å². The third-order valence-electron chi connectivity index (χ3n) is 5.41. The number of carbonyl (C=O) groups is 4. The Balaban J connectivity index is 1.61. The summed E-state index contributed by atoms with van der Waals surface area (Å²) in [6.07, 6.45) is 6.86. The monoisotopic (exact) mass is 400 g/mol. The summed E-state index contributed by atoms with van der Waals surface area (Å²) in [7, 11) is 0. The Hall–Kier alpha value is -2.74. The maximum absolute atomic E-state index is 13.0. The van der Waals surface area contributed by atoms with Crippen molar-refractivity contribution in [3.05, 3.63) is 29.3 Å². The fraction of sp³-hybridized carbons (Fsp3) is 0.524. The molecule has 1 saturated heterocycles. The van der Waals surface area contributed by atoms with Gasteiger partial charge in [-0.3, -0.25) is 29.4 Å². The van der Waals surface area contributed by atoms with Crippen molar-refractivity contribution in [2.75, 3.05) is 18.4 Å². The zero-order chi connectivity index (χ0) is 20.8. The van der Waals surface area contributed by atoms with Crippen LogP contribution in [0.5, 0.6) is 0 Å². The summed E-state index contributed by atoms with van der Waals surface area (Å²) < 4.78 is 0. The minimum Gasteiger partial charge on any atom is -0.384 e. The van der Waals surface area contributed by atoms with E-state index >= 15 is 0 Å². The Kier molecular flexibility index (Phi) is 6.98. The second kappa shape index (κ2) is 9.65. The number of hydrogen-bond acceptors (Lipinski definition) is 6. The van der Waals surface area contributed by atoms with E-state index < -0.39 is 23.8 Å². The summed E-state index contributed by atoms with van der Waals surface area (Å²) in [5, 5.41) is 5.47. The number of hydrogen-bond donors (Lipinski definition) is 3. The highest BCUT2D eigenvalue weighted by molar-refractivity contribution is 6.25. The lowest BCUT2D eigenvalue weighted by molar-refractivity contribution is -0.136. The maximum Gasteiger partial charge on any atom is 0.264 e. The van der Waals surface area contributed by atoms with Crippen LogP contribution in [-0.2, 0) is 9.59 Å². The lowest BCUT2D eigenvalue weighted by Gasteiger charge is -2.27.